The minimum Gasteiger partial charge on any atom is -0.321 e. The van der Waals surface area contributed by atoms with Crippen molar-refractivity contribution in [2.45, 2.75) is 4.90 Å². The van der Waals surface area contributed by atoms with Crippen molar-refractivity contribution in [1.29, 1.82) is 0 Å². The molecule has 3 aromatic carbocycles. The van der Waals surface area contributed by atoms with Gasteiger partial charge in [0.15, 0.2) is 5.13 Å². The fraction of sp³-hybridized carbons (Fsp3) is 0.0323. The first-order chi connectivity index (χ1) is 20.4. The Bertz CT molecular complexity index is 1700. The lowest BCUT2D eigenvalue weighted by molar-refractivity contribution is -0.114. The number of thiazole rings is 1. The number of aromatic nitrogens is 1. The molecule has 11 heteroatoms. The predicted octanol–water partition coefficient (Wildman–Crippen LogP) is 7.15. The van der Waals surface area contributed by atoms with Gasteiger partial charge in [-0.05, 0) is 78.2 Å². The second-order valence-electron chi connectivity index (χ2n) is 8.75. The van der Waals surface area contributed by atoms with E-state index in [1.54, 1.807) is 72.1 Å². The van der Waals surface area contributed by atoms with Crippen molar-refractivity contribution < 1.29 is 18.8 Å². The van der Waals surface area contributed by atoms with Crippen molar-refractivity contribution in [2.24, 2.45) is 0 Å². The number of carbonyl (C=O) groups excluding carboxylic acids is 3. The Morgan fingerprint density at radius 1 is 0.857 bits per heavy atom. The number of thioether (sulfide) groups is 1. The SMILES string of the molecule is O=C(CSc1ccc(NC(=O)/C(=C/c2cccs2)NC(=O)c2ccccc2)cc1)Nc1nc(-c2ccc(F)cc2)cs1. The van der Waals surface area contributed by atoms with Crippen molar-refractivity contribution in [1.82, 2.24) is 10.3 Å². The largest absolute Gasteiger partial charge is 0.321 e. The van der Waals surface area contributed by atoms with Crippen LogP contribution in [-0.2, 0) is 9.59 Å². The molecule has 0 aliphatic heterocycles. The zero-order chi connectivity index (χ0) is 29.3. The Labute approximate surface area is 253 Å². The Balaban J connectivity index is 1.15. The van der Waals surface area contributed by atoms with Gasteiger partial charge < -0.3 is 16.0 Å². The molecule has 0 fully saturated rings. The standard InChI is InChI=1S/C31H23FN4O3S3/c32-22-10-8-20(9-11-22)27-18-42-31(35-27)36-28(37)19-41-24-14-12-23(13-15-24)33-30(39)26(17-25-7-4-16-40-25)34-29(38)21-5-2-1-3-6-21/h1-18H,19H2,(H,33,39)(H,34,38)(H,35,36,37)/b26-17-. The molecule has 2 aromatic heterocycles. The fourth-order valence-electron chi connectivity index (χ4n) is 3.68. The molecule has 0 atom stereocenters. The van der Waals surface area contributed by atoms with Gasteiger partial charge in [0.2, 0.25) is 5.91 Å². The van der Waals surface area contributed by atoms with Gasteiger partial charge in [-0.15, -0.1) is 34.4 Å². The van der Waals surface area contributed by atoms with Crippen LogP contribution >= 0.6 is 34.4 Å². The molecule has 5 aromatic rings. The van der Waals surface area contributed by atoms with Crippen LogP contribution in [0.15, 0.2) is 112 Å². The van der Waals surface area contributed by atoms with Gasteiger partial charge in [0.05, 0.1) is 11.4 Å². The fourth-order valence-corrected chi connectivity index (χ4v) is 5.77. The third-order valence-electron chi connectivity index (χ3n) is 5.73. The van der Waals surface area contributed by atoms with Gasteiger partial charge in [0, 0.05) is 32.0 Å². The highest BCUT2D eigenvalue weighted by Gasteiger charge is 2.16. The molecule has 0 bridgehead atoms. The molecule has 2 heterocycles. The Kier molecular flexibility index (Phi) is 9.55. The van der Waals surface area contributed by atoms with E-state index < -0.39 is 5.91 Å². The van der Waals surface area contributed by atoms with E-state index in [0.717, 1.165) is 15.3 Å². The van der Waals surface area contributed by atoms with Gasteiger partial charge in [-0.3, -0.25) is 14.4 Å². The monoisotopic (exact) mass is 614 g/mol. The van der Waals surface area contributed by atoms with E-state index in [-0.39, 0.29) is 29.1 Å². The maximum absolute atomic E-state index is 13.2. The van der Waals surface area contributed by atoms with Gasteiger partial charge in [-0.25, -0.2) is 9.37 Å². The molecule has 0 unspecified atom stereocenters. The van der Waals surface area contributed by atoms with Crippen LogP contribution in [0.2, 0.25) is 0 Å². The van der Waals surface area contributed by atoms with Crippen molar-refractivity contribution in [2.75, 3.05) is 16.4 Å². The van der Waals surface area contributed by atoms with Crippen LogP contribution in [0.5, 0.6) is 0 Å². The number of hydrogen-bond acceptors (Lipinski definition) is 7. The third-order valence-corrected chi connectivity index (χ3v) is 8.32. The molecule has 0 saturated carbocycles. The zero-order valence-corrected chi connectivity index (χ0v) is 24.3. The highest BCUT2D eigenvalue weighted by atomic mass is 32.2. The quantitative estimate of drug-likeness (QED) is 0.115. The first kappa shape index (κ1) is 28.9. The first-order valence-corrected chi connectivity index (χ1v) is 15.3. The summed E-state index contributed by atoms with van der Waals surface area (Å²) in [7, 11) is 0. The van der Waals surface area contributed by atoms with Crippen molar-refractivity contribution in [3.05, 3.63) is 124 Å². The molecule has 42 heavy (non-hydrogen) atoms. The molecular formula is C31H23FN4O3S3. The molecule has 0 aliphatic rings. The smallest absolute Gasteiger partial charge is 0.272 e. The number of nitrogens with zero attached hydrogens (tertiary/aromatic N) is 1. The molecule has 0 radical (unpaired) electrons. The van der Waals surface area contributed by atoms with E-state index in [1.165, 1.54) is 46.6 Å². The van der Waals surface area contributed by atoms with Gasteiger partial charge >= 0.3 is 0 Å². The summed E-state index contributed by atoms with van der Waals surface area (Å²) in [5.41, 5.74) is 2.52. The Morgan fingerprint density at radius 3 is 2.33 bits per heavy atom. The van der Waals surface area contributed by atoms with E-state index in [1.807, 2.05) is 23.6 Å². The van der Waals surface area contributed by atoms with E-state index >= 15 is 0 Å². The molecule has 3 amide bonds. The number of rotatable bonds is 10. The van der Waals surface area contributed by atoms with Crippen LogP contribution in [0, 0.1) is 5.82 Å². The number of benzene rings is 3. The van der Waals surface area contributed by atoms with E-state index in [9.17, 15) is 18.8 Å². The molecule has 7 nitrogen and oxygen atoms in total. The van der Waals surface area contributed by atoms with Crippen LogP contribution in [0.25, 0.3) is 17.3 Å². The number of anilines is 2. The van der Waals surface area contributed by atoms with Crippen LogP contribution in [0.4, 0.5) is 15.2 Å². The molecule has 0 aliphatic carbocycles. The summed E-state index contributed by atoms with van der Waals surface area (Å²) >= 11 is 4.08. The summed E-state index contributed by atoms with van der Waals surface area (Å²) in [5.74, 6) is -1.22. The van der Waals surface area contributed by atoms with Crippen molar-refractivity contribution in [3.8, 4) is 11.3 Å². The Morgan fingerprint density at radius 2 is 1.62 bits per heavy atom. The summed E-state index contributed by atoms with van der Waals surface area (Å²) < 4.78 is 13.2. The van der Waals surface area contributed by atoms with Crippen LogP contribution in [-0.4, -0.2) is 28.5 Å². The zero-order valence-electron chi connectivity index (χ0n) is 21.9. The van der Waals surface area contributed by atoms with E-state index in [2.05, 4.69) is 20.9 Å². The van der Waals surface area contributed by atoms with Crippen LogP contribution < -0.4 is 16.0 Å². The lowest BCUT2D eigenvalue weighted by Crippen LogP contribution is -2.30. The minimum atomic E-state index is -0.462. The Hall–Kier alpha value is -4.58. The van der Waals surface area contributed by atoms with Crippen LogP contribution in [0.3, 0.4) is 0 Å². The minimum absolute atomic E-state index is 0.117. The summed E-state index contributed by atoms with van der Waals surface area (Å²) in [4.78, 5) is 44.4. The highest BCUT2D eigenvalue weighted by molar-refractivity contribution is 8.00. The maximum Gasteiger partial charge on any atom is 0.272 e. The van der Waals surface area contributed by atoms with Gasteiger partial charge in [-0.2, -0.15) is 0 Å². The average Bonchev–Trinajstić information content (AvgIpc) is 3.70. The lowest BCUT2D eigenvalue weighted by Gasteiger charge is -2.11. The average molecular weight is 615 g/mol. The molecule has 3 N–H and O–H groups in total. The number of amides is 3. The topological polar surface area (TPSA) is 100 Å². The number of halogens is 1. The summed E-state index contributed by atoms with van der Waals surface area (Å²) in [5, 5.41) is 12.5. The third kappa shape index (κ3) is 8.00. The van der Waals surface area contributed by atoms with E-state index in [4.69, 9.17) is 0 Å². The lowest BCUT2D eigenvalue weighted by atomic mass is 10.2. The van der Waals surface area contributed by atoms with Gasteiger partial charge in [-0.1, -0.05) is 24.3 Å². The first-order valence-electron chi connectivity index (χ1n) is 12.6. The second kappa shape index (κ2) is 13.9. The maximum atomic E-state index is 13.2. The van der Waals surface area contributed by atoms with Crippen molar-refractivity contribution >= 4 is 69.1 Å². The summed E-state index contributed by atoms with van der Waals surface area (Å²) in [6, 6.07) is 25.5. The molecule has 5 rings (SSSR count). The second-order valence-corrected chi connectivity index (χ2v) is 11.6. The summed E-state index contributed by atoms with van der Waals surface area (Å²) in [6.07, 6.45) is 1.63. The number of hydrogen-bond donors (Lipinski definition) is 3. The van der Waals surface area contributed by atoms with Crippen molar-refractivity contribution in [3.63, 3.8) is 0 Å². The number of nitrogens with one attached hydrogen (secondary N) is 3. The number of thiophene rings is 1. The van der Waals surface area contributed by atoms with Gasteiger partial charge in [0.25, 0.3) is 11.8 Å². The molecule has 0 spiro atoms. The predicted molar refractivity (Wildman–Crippen MR) is 168 cm³/mol. The normalized spacial score (nSPS) is 11.1. The van der Waals surface area contributed by atoms with E-state index in [0.29, 0.717) is 22.1 Å². The molecular weight excluding hydrogens is 592 g/mol. The molecule has 210 valence electrons. The summed E-state index contributed by atoms with van der Waals surface area (Å²) in [6.45, 7) is 0. The highest BCUT2D eigenvalue weighted by Crippen LogP contribution is 2.26. The van der Waals surface area contributed by atoms with Gasteiger partial charge in [0.1, 0.15) is 11.5 Å². The van der Waals surface area contributed by atoms with Crippen LogP contribution in [0.1, 0.15) is 15.2 Å². The number of carbonyl (C=O) groups is 3. The molecule has 0 saturated heterocycles.